The first kappa shape index (κ1) is 12.0. The first-order valence-corrected chi connectivity index (χ1v) is 5.92. The molecule has 3 nitrogen and oxygen atoms in total. The first-order chi connectivity index (χ1) is 6.72. The third kappa shape index (κ3) is 4.40. The Morgan fingerprint density at radius 3 is 2.43 bits per heavy atom. The van der Waals surface area contributed by atoms with Gasteiger partial charge in [0.1, 0.15) is 6.23 Å². The molecule has 0 aromatic carbocycles. The molecule has 84 valence electrons. The van der Waals surface area contributed by atoms with E-state index in [0.29, 0.717) is 6.04 Å². The lowest BCUT2D eigenvalue weighted by molar-refractivity contribution is 0.124. The standard InChI is InChI=1S/C11H24N2O/c1-3-11(12-9(2)14)13-10-7-5-4-6-8-10/h9-14H,3-8H2,1-2H3. The number of hydrogen-bond donors (Lipinski definition) is 3. The molecule has 3 heteroatoms. The van der Waals surface area contributed by atoms with E-state index in [1.807, 2.05) is 0 Å². The molecule has 1 saturated carbocycles. The van der Waals surface area contributed by atoms with Gasteiger partial charge >= 0.3 is 0 Å². The fraction of sp³-hybridized carbons (Fsp3) is 1.00. The van der Waals surface area contributed by atoms with Gasteiger partial charge in [0.25, 0.3) is 0 Å². The molecule has 2 unspecified atom stereocenters. The average Bonchev–Trinajstić information content (AvgIpc) is 2.17. The predicted molar refractivity (Wildman–Crippen MR) is 58.9 cm³/mol. The summed E-state index contributed by atoms with van der Waals surface area (Å²) in [6.07, 6.45) is 7.52. The van der Waals surface area contributed by atoms with E-state index in [-0.39, 0.29) is 6.17 Å². The zero-order chi connectivity index (χ0) is 10.4. The van der Waals surface area contributed by atoms with E-state index < -0.39 is 6.23 Å². The third-order valence-corrected chi connectivity index (χ3v) is 2.89. The molecule has 0 amide bonds. The van der Waals surface area contributed by atoms with E-state index in [2.05, 4.69) is 17.6 Å². The fourth-order valence-corrected chi connectivity index (χ4v) is 2.13. The van der Waals surface area contributed by atoms with Crippen LogP contribution >= 0.6 is 0 Å². The normalized spacial score (nSPS) is 23.4. The van der Waals surface area contributed by atoms with E-state index in [0.717, 1.165) is 6.42 Å². The van der Waals surface area contributed by atoms with Gasteiger partial charge in [-0.3, -0.25) is 10.6 Å². The Morgan fingerprint density at radius 2 is 1.93 bits per heavy atom. The van der Waals surface area contributed by atoms with Crippen LogP contribution in [0.1, 0.15) is 52.4 Å². The van der Waals surface area contributed by atoms with Crippen LogP contribution in [0, 0.1) is 0 Å². The Balaban J connectivity index is 2.23. The van der Waals surface area contributed by atoms with Crippen molar-refractivity contribution < 1.29 is 5.11 Å². The van der Waals surface area contributed by atoms with E-state index in [4.69, 9.17) is 0 Å². The SMILES string of the molecule is CCC(NC(C)O)NC1CCCCC1. The van der Waals surface area contributed by atoms with Crippen LogP contribution in [0.3, 0.4) is 0 Å². The Labute approximate surface area is 87.3 Å². The maximum Gasteiger partial charge on any atom is 0.103 e. The van der Waals surface area contributed by atoms with Crippen LogP contribution in [0.15, 0.2) is 0 Å². The summed E-state index contributed by atoms with van der Waals surface area (Å²) in [4.78, 5) is 0. The average molecular weight is 200 g/mol. The summed E-state index contributed by atoms with van der Waals surface area (Å²) in [5, 5.41) is 15.9. The smallest absolute Gasteiger partial charge is 0.103 e. The molecule has 14 heavy (non-hydrogen) atoms. The quantitative estimate of drug-likeness (QED) is 0.590. The molecule has 1 rings (SSSR count). The van der Waals surface area contributed by atoms with Crippen molar-refractivity contribution >= 4 is 0 Å². The molecule has 1 fully saturated rings. The van der Waals surface area contributed by atoms with E-state index in [1.165, 1.54) is 32.1 Å². The number of aliphatic hydroxyl groups excluding tert-OH is 1. The molecule has 0 saturated heterocycles. The zero-order valence-corrected chi connectivity index (χ0v) is 9.42. The lowest BCUT2D eigenvalue weighted by atomic mass is 9.95. The van der Waals surface area contributed by atoms with Crippen molar-refractivity contribution in [2.45, 2.75) is 70.8 Å². The van der Waals surface area contributed by atoms with Crippen LogP contribution in [0.2, 0.25) is 0 Å². The zero-order valence-electron chi connectivity index (χ0n) is 9.42. The van der Waals surface area contributed by atoms with Crippen molar-refractivity contribution in [3.63, 3.8) is 0 Å². The molecular formula is C11H24N2O. The number of aliphatic hydroxyl groups is 1. The van der Waals surface area contributed by atoms with Gasteiger partial charge in [0.05, 0.1) is 6.17 Å². The van der Waals surface area contributed by atoms with Crippen LogP contribution < -0.4 is 10.6 Å². The monoisotopic (exact) mass is 200 g/mol. The minimum absolute atomic E-state index is 0.262. The van der Waals surface area contributed by atoms with E-state index >= 15 is 0 Å². The highest BCUT2D eigenvalue weighted by Gasteiger charge is 2.17. The number of rotatable bonds is 5. The molecule has 1 aliphatic carbocycles. The Bertz CT molecular complexity index is 144. The minimum Gasteiger partial charge on any atom is -0.379 e. The van der Waals surface area contributed by atoms with E-state index in [1.54, 1.807) is 6.92 Å². The summed E-state index contributed by atoms with van der Waals surface area (Å²) in [7, 11) is 0. The molecule has 0 spiro atoms. The Hall–Kier alpha value is -0.120. The highest BCUT2D eigenvalue weighted by Crippen LogP contribution is 2.17. The molecule has 0 bridgehead atoms. The Morgan fingerprint density at radius 1 is 1.29 bits per heavy atom. The van der Waals surface area contributed by atoms with Crippen LogP contribution in [-0.4, -0.2) is 23.5 Å². The molecule has 0 aromatic rings. The molecular weight excluding hydrogens is 176 g/mol. The Kier molecular flexibility index (Phi) is 5.45. The topological polar surface area (TPSA) is 44.3 Å². The lowest BCUT2D eigenvalue weighted by Crippen LogP contribution is -2.50. The second-order valence-electron chi connectivity index (χ2n) is 4.31. The van der Waals surface area contributed by atoms with Gasteiger partial charge in [-0.15, -0.1) is 0 Å². The highest BCUT2D eigenvalue weighted by molar-refractivity contribution is 4.75. The third-order valence-electron chi connectivity index (χ3n) is 2.89. The van der Waals surface area contributed by atoms with Gasteiger partial charge in [-0.05, 0) is 26.2 Å². The first-order valence-electron chi connectivity index (χ1n) is 5.92. The maximum absolute atomic E-state index is 9.23. The van der Waals surface area contributed by atoms with Crippen LogP contribution in [0.5, 0.6) is 0 Å². The van der Waals surface area contributed by atoms with Gasteiger partial charge in [0.2, 0.25) is 0 Å². The largest absolute Gasteiger partial charge is 0.379 e. The van der Waals surface area contributed by atoms with Gasteiger partial charge in [0, 0.05) is 6.04 Å². The molecule has 0 aliphatic heterocycles. The molecule has 0 radical (unpaired) electrons. The molecule has 0 heterocycles. The summed E-state index contributed by atoms with van der Waals surface area (Å²) in [6, 6.07) is 0.653. The van der Waals surface area contributed by atoms with Gasteiger partial charge in [-0.25, -0.2) is 0 Å². The van der Waals surface area contributed by atoms with Gasteiger partial charge in [0.15, 0.2) is 0 Å². The van der Waals surface area contributed by atoms with E-state index in [9.17, 15) is 5.11 Å². The van der Waals surface area contributed by atoms with Crippen molar-refractivity contribution in [1.82, 2.24) is 10.6 Å². The molecule has 2 atom stereocenters. The molecule has 0 aromatic heterocycles. The van der Waals surface area contributed by atoms with Gasteiger partial charge in [-0.1, -0.05) is 26.2 Å². The summed E-state index contributed by atoms with van der Waals surface area (Å²) >= 11 is 0. The van der Waals surface area contributed by atoms with Crippen molar-refractivity contribution in [1.29, 1.82) is 0 Å². The van der Waals surface area contributed by atoms with Gasteiger partial charge in [-0.2, -0.15) is 0 Å². The lowest BCUT2D eigenvalue weighted by Gasteiger charge is -2.29. The van der Waals surface area contributed by atoms with Gasteiger partial charge < -0.3 is 5.11 Å². The van der Waals surface area contributed by atoms with Crippen molar-refractivity contribution in [2.24, 2.45) is 0 Å². The predicted octanol–water partition coefficient (Wildman–Crippen LogP) is 1.57. The summed E-state index contributed by atoms with van der Waals surface area (Å²) in [5.41, 5.74) is 0. The molecule has 3 N–H and O–H groups in total. The number of hydrogen-bond acceptors (Lipinski definition) is 3. The van der Waals surface area contributed by atoms with Crippen molar-refractivity contribution in [3.05, 3.63) is 0 Å². The minimum atomic E-state index is -0.420. The fourth-order valence-electron chi connectivity index (χ4n) is 2.13. The van der Waals surface area contributed by atoms with Crippen molar-refractivity contribution in [3.8, 4) is 0 Å². The second kappa shape index (κ2) is 6.38. The molecule has 1 aliphatic rings. The second-order valence-corrected chi connectivity index (χ2v) is 4.31. The maximum atomic E-state index is 9.23. The van der Waals surface area contributed by atoms with Crippen LogP contribution in [0.4, 0.5) is 0 Å². The summed E-state index contributed by atoms with van der Waals surface area (Å²) in [6.45, 7) is 3.90. The van der Waals surface area contributed by atoms with Crippen molar-refractivity contribution in [2.75, 3.05) is 0 Å². The summed E-state index contributed by atoms with van der Waals surface area (Å²) < 4.78 is 0. The van der Waals surface area contributed by atoms with Crippen LogP contribution in [0.25, 0.3) is 0 Å². The number of nitrogens with one attached hydrogen (secondary N) is 2. The van der Waals surface area contributed by atoms with Crippen LogP contribution in [-0.2, 0) is 0 Å². The highest BCUT2D eigenvalue weighted by atomic mass is 16.3. The summed E-state index contributed by atoms with van der Waals surface area (Å²) in [5.74, 6) is 0.